The first-order chi connectivity index (χ1) is 25.2. The van der Waals surface area contributed by atoms with Gasteiger partial charge in [0, 0.05) is 29.2 Å². The van der Waals surface area contributed by atoms with Crippen molar-refractivity contribution in [2.24, 2.45) is 5.92 Å². The van der Waals surface area contributed by atoms with Crippen LogP contribution in [0.25, 0.3) is 11.0 Å². The Morgan fingerprint density at radius 1 is 1.15 bits per heavy atom. The smallest absolute Gasteiger partial charge is 0.416 e. The van der Waals surface area contributed by atoms with Crippen molar-refractivity contribution in [1.29, 1.82) is 0 Å². The summed E-state index contributed by atoms with van der Waals surface area (Å²) in [6, 6.07) is 13.5. The van der Waals surface area contributed by atoms with E-state index in [1.54, 1.807) is 24.3 Å². The lowest BCUT2D eigenvalue weighted by Gasteiger charge is -2.29. The van der Waals surface area contributed by atoms with Crippen LogP contribution in [0, 0.1) is 5.92 Å². The number of benzene rings is 2. The maximum atomic E-state index is 13.5. The highest BCUT2D eigenvalue weighted by atomic mass is 35.5. The van der Waals surface area contributed by atoms with Gasteiger partial charge in [0.25, 0.3) is 0 Å². The van der Waals surface area contributed by atoms with Crippen LogP contribution in [-0.2, 0) is 31.6 Å². The Hall–Kier alpha value is -3.37. The van der Waals surface area contributed by atoms with E-state index in [0.717, 1.165) is 11.5 Å². The van der Waals surface area contributed by atoms with Gasteiger partial charge in [0.05, 0.1) is 23.7 Å². The van der Waals surface area contributed by atoms with Crippen LogP contribution < -0.4 is 25.2 Å². The predicted octanol–water partition coefficient (Wildman–Crippen LogP) is 8.68. The molecule has 4 aromatic rings. The zero-order valence-electron chi connectivity index (χ0n) is 30.6. The summed E-state index contributed by atoms with van der Waals surface area (Å²) >= 11 is 7.50. The molecule has 4 unspecified atom stereocenters. The number of esters is 1. The van der Waals surface area contributed by atoms with Crippen LogP contribution in [0.2, 0.25) is 5.02 Å². The number of nitrogens with one attached hydrogen (secondary N) is 2. The summed E-state index contributed by atoms with van der Waals surface area (Å²) < 4.78 is 66.6. The molecule has 1 aliphatic rings. The number of hydrogen-bond acceptors (Lipinski definition) is 12. The monoisotopic (exact) mass is 799 g/mol. The van der Waals surface area contributed by atoms with Crippen molar-refractivity contribution in [3.63, 3.8) is 0 Å². The van der Waals surface area contributed by atoms with Gasteiger partial charge >= 0.3 is 20.7 Å². The van der Waals surface area contributed by atoms with E-state index >= 15 is 0 Å². The van der Waals surface area contributed by atoms with Gasteiger partial charge in [-0.2, -0.15) is 28.0 Å². The van der Waals surface area contributed by atoms with Crippen molar-refractivity contribution in [2.75, 3.05) is 30.1 Å². The third kappa shape index (κ3) is 10.9. The lowest BCUT2D eigenvalue weighted by molar-refractivity contribution is -0.152. The number of nitrogens with zero attached hydrogens (tertiary/aromatic N) is 4. The van der Waals surface area contributed by atoms with Crippen molar-refractivity contribution in [1.82, 2.24) is 24.5 Å². The Morgan fingerprint density at radius 2 is 1.85 bits per heavy atom. The number of nitrogen functional groups attached to an aromatic ring is 1. The second-order valence-corrected chi connectivity index (χ2v) is 14.5. The van der Waals surface area contributed by atoms with Crippen LogP contribution in [0.1, 0.15) is 65.3 Å². The number of hydrogen-bond donors (Lipinski definition) is 3. The fourth-order valence-electron chi connectivity index (χ4n) is 5.52. The number of alkyl halides is 3. The molecule has 1 aliphatic heterocycles. The Morgan fingerprint density at radius 3 is 2.51 bits per heavy atom. The van der Waals surface area contributed by atoms with Crippen LogP contribution in [-0.4, -0.2) is 51.6 Å². The summed E-state index contributed by atoms with van der Waals surface area (Å²) in [6.07, 6.45) is -0.877. The van der Waals surface area contributed by atoms with Gasteiger partial charge in [-0.25, -0.2) is 5.09 Å². The summed E-state index contributed by atoms with van der Waals surface area (Å²) in [5.41, 5.74) is 4.32. The number of anilines is 2. The minimum atomic E-state index is -4.59. The Bertz CT molecular complexity index is 1800. The summed E-state index contributed by atoms with van der Waals surface area (Å²) in [6.45, 7) is 11.3. The van der Waals surface area contributed by atoms with E-state index in [2.05, 4.69) is 26.8 Å². The van der Waals surface area contributed by atoms with Gasteiger partial charge in [-0.3, -0.25) is 9.80 Å². The highest BCUT2D eigenvalue weighted by Crippen LogP contribution is 2.42. The largest absolute Gasteiger partial charge is 0.459 e. The lowest BCUT2D eigenvalue weighted by Crippen LogP contribution is -2.46. The molecule has 290 valence electrons. The molecule has 0 aliphatic carbocycles. The predicted molar refractivity (Wildman–Crippen MR) is 204 cm³/mol. The number of carbonyl (C=O) groups is 1. The van der Waals surface area contributed by atoms with Gasteiger partial charge in [0.15, 0.2) is 5.82 Å². The van der Waals surface area contributed by atoms with E-state index in [1.165, 1.54) is 44.0 Å². The first kappa shape index (κ1) is 42.4. The summed E-state index contributed by atoms with van der Waals surface area (Å²) in [7, 11) is -2.01. The third-order valence-corrected chi connectivity index (χ3v) is 10.2. The fraction of sp³-hybridized carbons (Fsp3) is 0.457. The van der Waals surface area contributed by atoms with Gasteiger partial charge < -0.3 is 28.8 Å². The number of fused-ring (bicyclic) bond motifs is 1. The summed E-state index contributed by atoms with van der Waals surface area (Å²) in [5.74, 6) is 0.466. The van der Waals surface area contributed by atoms with E-state index in [4.69, 9.17) is 35.9 Å². The minimum absolute atomic E-state index is 0.0582. The number of ether oxygens (including phenoxy) is 2. The molecular weight excluding hydrogens is 754 g/mol. The number of rotatable bonds is 15. The number of hydrazine groups is 1. The van der Waals surface area contributed by atoms with Crippen molar-refractivity contribution < 1.29 is 36.5 Å². The van der Waals surface area contributed by atoms with E-state index in [9.17, 15) is 18.0 Å². The Kier molecular flexibility index (Phi) is 15.0. The molecule has 0 spiro atoms. The minimum Gasteiger partial charge on any atom is -0.459 e. The topological polar surface area (TPSA) is 138 Å². The van der Waals surface area contributed by atoms with Crippen molar-refractivity contribution in [2.45, 2.75) is 78.6 Å². The highest BCUT2D eigenvalue weighted by Gasteiger charge is 2.39. The van der Waals surface area contributed by atoms with Crippen LogP contribution in [0.15, 0.2) is 60.8 Å². The lowest BCUT2D eigenvalue weighted by atomic mass is 10.1. The Labute approximate surface area is 318 Å². The van der Waals surface area contributed by atoms with Gasteiger partial charge in [0.2, 0.25) is 5.95 Å². The maximum absolute atomic E-state index is 13.5. The van der Waals surface area contributed by atoms with Crippen LogP contribution >= 0.6 is 32.1 Å². The molecule has 0 amide bonds. The average Bonchev–Trinajstić information content (AvgIpc) is 3.71. The molecule has 2 aromatic carbocycles. The quantitative estimate of drug-likeness (QED) is 0.0459. The van der Waals surface area contributed by atoms with Crippen LogP contribution in [0.3, 0.4) is 0 Å². The summed E-state index contributed by atoms with van der Waals surface area (Å²) in [5, 5.41) is 6.26. The molecule has 4 N–H and O–H groups in total. The van der Waals surface area contributed by atoms with Crippen molar-refractivity contribution in [3.05, 3.63) is 76.9 Å². The molecule has 1 fully saturated rings. The van der Waals surface area contributed by atoms with Gasteiger partial charge in [-0.05, 0) is 69.8 Å². The molecule has 1 saturated heterocycles. The van der Waals surface area contributed by atoms with E-state index < -0.39 is 38.4 Å². The highest BCUT2D eigenvalue weighted by molar-refractivity contribution is 7.96. The average molecular weight is 800 g/mol. The van der Waals surface area contributed by atoms with Crippen LogP contribution in [0.4, 0.5) is 24.9 Å². The SMILES string of the molecule is CC.CCN(NSC)c1nc(N)nc2c1ccn2C1OC(COP(NC(C)(C)C(=O)OCc2ccccc2C(F)(F)F)Oc2ccc(Cl)cc2)CC1C. The van der Waals surface area contributed by atoms with Gasteiger partial charge in [-0.15, -0.1) is 0 Å². The van der Waals surface area contributed by atoms with Crippen LogP contribution in [0.5, 0.6) is 5.75 Å². The molecule has 2 aromatic heterocycles. The second-order valence-electron chi connectivity index (χ2n) is 12.3. The number of carbonyl (C=O) groups excluding carboxylic acids is 1. The molecule has 5 rings (SSSR count). The van der Waals surface area contributed by atoms with Gasteiger partial charge in [-0.1, -0.05) is 62.5 Å². The molecule has 0 bridgehead atoms. The van der Waals surface area contributed by atoms with E-state index in [1.807, 2.05) is 48.9 Å². The molecule has 3 heterocycles. The number of nitrogens with two attached hydrogens (primary N) is 1. The molecule has 18 heteroatoms. The molecule has 53 heavy (non-hydrogen) atoms. The third-order valence-electron chi connectivity index (χ3n) is 8.01. The zero-order valence-corrected chi connectivity index (χ0v) is 33.1. The van der Waals surface area contributed by atoms with E-state index in [-0.39, 0.29) is 36.4 Å². The standard InChI is InChI=1S/C33H40ClF3N7O5PS.C2H6/c1-6-44(42-51-5)28-25-15-16-43(27(25)39-31(38)40-28)29-20(2)17-24(48-29)19-47-50(49-23-13-11-22(34)12-14-23)41-32(3,4)30(45)46-18-21-9-7-8-10-26(21)33(35,36)37;1-2/h7-16,20,24,29,41-42H,6,17-19H2,1-5H3,(H2,38,39,40);1-2H3. The van der Waals surface area contributed by atoms with Gasteiger partial charge in [0.1, 0.15) is 29.8 Å². The van der Waals surface area contributed by atoms with Crippen molar-refractivity contribution in [3.8, 4) is 5.75 Å². The maximum Gasteiger partial charge on any atom is 0.416 e. The fourth-order valence-corrected chi connectivity index (χ4v) is 7.41. The summed E-state index contributed by atoms with van der Waals surface area (Å²) in [4.78, 5) is 25.4. The first-order valence-electron chi connectivity index (χ1n) is 17.0. The number of halogens is 4. The Balaban J connectivity index is 0.00000308. The first-order valence-corrected chi connectivity index (χ1v) is 19.8. The molecule has 4 atom stereocenters. The molecule has 0 saturated carbocycles. The number of aromatic nitrogens is 3. The molecular formula is C35H46ClF3N7O5PS. The normalized spacial score (nSPS) is 18.0. The molecule has 0 radical (unpaired) electrons. The van der Waals surface area contributed by atoms with Crippen molar-refractivity contribution >= 4 is 60.8 Å². The zero-order chi connectivity index (χ0) is 38.9. The second kappa shape index (κ2) is 18.8. The molecule has 12 nitrogen and oxygen atoms in total. The van der Waals surface area contributed by atoms with E-state index in [0.29, 0.717) is 35.2 Å².